The summed E-state index contributed by atoms with van der Waals surface area (Å²) in [6, 6.07) is 8.62. The van der Waals surface area contributed by atoms with Crippen molar-refractivity contribution in [3.8, 4) is 0 Å². The first-order valence-electron chi connectivity index (χ1n) is 7.98. The quantitative estimate of drug-likeness (QED) is 0.907. The summed E-state index contributed by atoms with van der Waals surface area (Å²) in [4.78, 5) is 13.7. The number of hydrogen-bond donors (Lipinski definition) is 1. The van der Waals surface area contributed by atoms with Gasteiger partial charge in [-0.15, -0.1) is 0 Å². The summed E-state index contributed by atoms with van der Waals surface area (Å²) < 4.78 is 40.9. The van der Waals surface area contributed by atoms with Crippen molar-refractivity contribution in [2.24, 2.45) is 0 Å². The molecular weight excluding hydrogens is 343 g/mol. The Morgan fingerprint density at radius 1 is 1.08 bits per heavy atom. The largest absolute Gasteiger partial charge is 0.312 e. The number of sulfonamides is 1. The second kappa shape index (κ2) is 6.48. The lowest BCUT2D eigenvalue weighted by Crippen LogP contribution is -2.24. The maximum absolute atomic E-state index is 13.2. The Balaban J connectivity index is 1.93. The van der Waals surface area contributed by atoms with E-state index in [1.165, 1.54) is 12.1 Å². The summed E-state index contributed by atoms with van der Waals surface area (Å²) in [5.41, 5.74) is 2.30. The zero-order chi connectivity index (χ0) is 18.2. The molecular formula is C18H19FN2O3S. The number of nitrogens with zero attached hydrogens (tertiary/aromatic N) is 1. The molecule has 0 aliphatic carbocycles. The molecule has 1 amide bonds. The van der Waals surface area contributed by atoms with Gasteiger partial charge in [0.05, 0.1) is 10.6 Å². The topological polar surface area (TPSA) is 66.5 Å². The highest BCUT2D eigenvalue weighted by atomic mass is 32.2. The smallest absolute Gasteiger partial charge is 0.262 e. The van der Waals surface area contributed by atoms with Gasteiger partial charge < -0.3 is 4.90 Å². The van der Waals surface area contributed by atoms with E-state index in [2.05, 4.69) is 4.72 Å². The molecule has 1 fully saturated rings. The lowest BCUT2D eigenvalue weighted by molar-refractivity contribution is -0.117. The monoisotopic (exact) mass is 362 g/mol. The Morgan fingerprint density at radius 3 is 2.48 bits per heavy atom. The molecule has 1 aliphatic rings. The molecule has 0 bridgehead atoms. The van der Waals surface area contributed by atoms with Crippen LogP contribution >= 0.6 is 0 Å². The van der Waals surface area contributed by atoms with Gasteiger partial charge in [0.25, 0.3) is 10.0 Å². The third-order valence-electron chi connectivity index (χ3n) is 4.25. The Labute approximate surface area is 146 Å². The van der Waals surface area contributed by atoms with Crippen LogP contribution in [0.15, 0.2) is 41.3 Å². The van der Waals surface area contributed by atoms with E-state index in [0.29, 0.717) is 29.9 Å². The summed E-state index contributed by atoms with van der Waals surface area (Å²) in [5, 5.41) is 0. The standard InChI is InChI=1S/C18H19FN2O3S/c1-12-5-7-15(11-16(12)21-9-3-4-18(21)22)20-25(23,24)17-8-6-14(19)10-13(17)2/h5-8,10-11,20H,3-4,9H2,1-2H3. The molecule has 25 heavy (non-hydrogen) atoms. The van der Waals surface area contributed by atoms with Crippen molar-refractivity contribution in [3.63, 3.8) is 0 Å². The Bertz CT molecular complexity index is 941. The summed E-state index contributed by atoms with van der Waals surface area (Å²) in [6.07, 6.45) is 1.30. The van der Waals surface area contributed by atoms with Crippen LogP contribution in [0.25, 0.3) is 0 Å². The number of carbonyl (C=O) groups excluding carboxylic acids is 1. The van der Waals surface area contributed by atoms with Gasteiger partial charge in [-0.3, -0.25) is 9.52 Å². The molecule has 0 radical (unpaired) electrons. The summed E-state index contributed by atoms with van der Waals surface area (Å²) in [6.45, 7) is 4.05. The van der Waals surface area contributed by atoms with Crippen molar-refractivity contribution < 1.29 is 17.6 Å². The fourth-order valence-electron chi connectivity index (χ4n) is 2.99. The Morgan fingerprint density at radius 2 is 1.84 bits per heavy atom. The highest BCUT2D eigenvalue weighted by Crippen LogP contribution is 2.29. The van der Waals surface area contributed by atoms with Gasteiger partial charge in [-0.25, -0.2) is 12.8 Å². The minimum atomic E-state index is -3.85. The Kier molecular flexibility index (Phi) is 4.51. The average Bonchev–Trinajstić information content (AvgIpc) is 2.94. The van der Waals surface area contributed by atoms with E-state index in [9.17, 15) is 17.6 Å². The molecule has 1 heterocycles. The molecule has 0 aromatic heterocycles. The first-order chi connectivity index (χ1) is 11.8. The lowest BCUT2D eigenvalue weighted by Gasteiger charge is -2.20. The van der Waals surface area contributed by atoms with Gasteiger partial charge in [-0.2, -0.15) is 0 Å². The number of amides is 1. The molecule has 1 N–H and O–H groups in total. The van der Waals surface area contributed by atoms with Gasteiger partial charge in [-0.1, -0.05) is 6.07 Å². The first-order valence-corrected chi connectivity index (χ1v) is 9.46. The number of nitrogens with one attached hydrogen (secondary N) is 1. The number of hydrogen-bond acceptors (Lipinski definition) is 3. The first kappa shape index (κ1) is 17.4. The van der Waals surface area contributed by atoms with Crippen molar-refractivity contribution in [2.45, 2.75) is 31.6 Å². The van der Waals surface area contributed by atoms with Crippen molar-refractivity contribution in [3.05, 3.63) is 53.3 Å². The van der Waals surface area contributed by atoms with E-state index in [-0.39, 0.29) is 10.8 Å². The minimum Gasteiger partial charge on any atom is -0.312 e. The number of benzene rings is 2. The van der Waals surface area contributed by atoms with Crippen molar-refractivity contribution in [1.29, 1.82) is 0 Å². The molecule has 2 aromatic carbocycles. The van der Waals surface area contributed by atoms with E-state index in [1.54, 1.807) is 30.0 Å². The highest BCUT2D eigenvalue weighted by molar-refractivity contribution is 7.92. The fraction of sp³-hybridized carbons (Fsp3) is 0.278. The molecule has 3 rings (SSSR count). The zero-order valence-electron chi connectivity index (χ0n) is 14.0. The summed E-state index contributed by atoms with van der Waals surface area (Å²) in [7, 11) is -3.85. The maximum atomic E-state index is 13.2. The van der Waals surface area contributed by atoms with Crippen LogP contribution in [0, 0.1) is 19.7 Å². The normalized spacial score (nSPS) is 14.8. The van der Waals surface area contributed by atoms with Gasteiger partial charge >= 0.3 is 0 Å². The number of anilines is 2. The van der Waals surface area contributed by atoms with Crippen LogP contribution in [-0.2, 0) is 14.8 Å². The fourth-order valence-corrected chi connectivity index (χ4v) is 4.27. The molecule has 1 aliphatic heterocycles. The van der Waals surface area contributed by atoms with E-state index in [4.69, 9.17) is 0 Å². The van der Waals surface area contributed by atoms with Crippen molar-refractivity contribution in [1.82, 2.24) is 0 Å². The number of aryl methyl sites for hydroxylation is 2. The molecule has 2 aromatic rings. The van der Waals surface area contributed by atoms with E-state index in [0.717, 1.165) is 18.1 Å². The van der Waals surface area contributed by atoms with E-state index in [1.807, 2.05) is 6.92 Å². The molecule has 132 valence electrons. The van der Waals surface area contributed by atoms with E-state index < -0.39 is 15.8 Å². The lowest BCUT2D eigenvalue weighted by atomic mass is 10.1. The van der Waals surface area contributed by atoms with Crippen molar-refractivity contribution in [2.75, 3.05) is 16.2 Å². The summed E-state index contributed by atoms with van der Waals surface area (Å²) >= 11 is 0. The average molecular weight is 362 g/mol. The van der Waals surface area contributed by atoms with Gasteiger partial charge in [0, 0.05) is 18.7 Å². The van der Waals surface area contributed by atoms with Crippen LogP contribution in [0.1, 0.15) is 24.0 Å². The molecule has 5 nitrogen and oxygen atoms in total. The van der Waals surface area contributed by atoms with Crippen LogP contribution < -0.4 is 9.62 Å². The van der Waals surface area contributed by atoms with Gasteiger partial charge in [0.2, 0.25) is 5.91 Å². The Hall–Kier alpha value is -2.41. The van der Waals surface area contributed by atoms with Crippen LogP contribution in [0.3, 0.4) is 0 Å². The summed E-state index contributed by atoms with van der Waals surface area (Å²) in [5.74, 6) is -0.445. The molecule has 0 unspecified atom stereocenters. The van der Waals surface area contributed by atoms with Crippen molar-refractivity contribution >= 4 is 27.3 Å². The molecule has 7 heteroatoms. The van der Waals surface area contributed by atoms with Crippen LogP contribution in [0.2, 0.25) is 0 Å². The number of rotatable bonds is 4. The highest BCUT2D eigenvalue weighted by Gasteiger charge is 2.24. The SMILES string of the molecule is Cc1ccc(NS(=O)(=O)c2ccc(F)cc2C)cc1N1CCCC1=O. The van der Waals surface area contributed by atoms with Crippen LogP contribution in [0.4, 0.5) is 15.8 Å². The number of carbonyl (C=O) groups is 1. The third-order valence-corrected chi connectivity index (χ3v) is 5.79. The third kappa shape index (κ3) is 3.51. The predicted octanol–water partition coefficient (Wildman–Crippen LogP) is 3.37. The zero-order valence-corrected chi connectivity index (χ0v) is 14.9. The molecule has 0 spiro atoms. The van der Waals surface area contributed by atoms with Gasteiger partial charge in [0.1, 0.15) is 5.82 Å². The minimum absolute atomic E-state index is 0.0215. The maximum Gasteiger partial charge on any atom is 0.262 e. The predicted molar refractivity (Wildman–Crippen MR) is 94.7 cm³/mol. The van der Waals surface area contributed by atoms with Gasteiger partial charge in [0.15, 0.2) is 0 Å². The van der Waals surface area contributed by atoms with Crippen LogP contribution in [-0.4, -0.2) is 20.9 Å². The second-order valence-corrected chi connectivity index (χ2v) is 7.82. The molecule has 0 saturated carbocycles. The van der Waals surface area contributed by atoms with Gasteiger partial charge in [-0.05, 0) is 61.7 Å². The molecule has 1 saturated heterocycles. The second-order valence-electron chi connectivity index (χ2n) is 6.17. The van der Waals surface area contributed by atoms with Crippen LogP contribution in [0.5, 0.6) is 0 Å². The van der Waals surface area contributed by atoms with E-state index >= 15 is 0 Å². The number of halogens is 1. The molecule has 0 atom stereocenters.